The maximum Gasteiger partial charge on any atom is 0.252 e. The van der Waals surface area contributed by atoms with E-state index in [0.29, 0.717) is 18.4 Å². The molecule has 34 heavy (non-hydrogen) atoms. The second kappa shape index (κ2) is 9.28. The molecule has 0 aromatic heterocycles. The lowest BCUT2D eigenvalue weighted by molar-refractivity contribution is -0.142. The van der Waals surface area contributed by atoms with Gasteiger partial charge in [-0.05, 0) is 43.7 Å². The van der Waals surface area contributed by atoms with Crippen LogP contribution >= 0.6 is 0 Å². The number of aliphatic hydroxyl groups excluding tert-OH is 1. The molecule has 3 aliphatic heterocycles. The largest absolute Gasteiger partial charge is 0.388 e. The third-order valence-corrected chi connectivity index (χ3v) is 7.95. The Labute approximate surface area is 200 Å². The average molecular weight is 471 g/mol. The van der Waals surface area contributed by atoms with Crippen LogP contribution in [0, 0.1) is 0 Å². The number of hydrogen-bond acceptors (Lipinski definition) is 7. The number of anilines is 1. The molecule has 184 valence electrons. The van der Waals surface area contributed by atoms with E-state index in [1.54, 1.807) is 0 Å². The van der Waals surface area contributed by atoms with Crippen molar-refractivity contribution in [2.24, 2.45) is 0 Å². The van der Waals surface area contributed by atoms with Gasteiger partial charge in [0.1, 0.15) is 30.4 Å². The number of likely N-dealkylation sites (tertiary alicyclic amines) is 1. The standard InChI is InChI=1S/C25H34N4O5/c1-2-27-11-13-28(14-12-27)18-7-5-17(6-8-18)23(32)26-25(9-3-4-10-25)24(33)29-15-19(30)22-21(29)20(31)16-34-22/h5-8,19,21-22,30H,2-4,9-16H2,1H3,(H,26,32)/t19-,21+,22+/m0/s1. The molecule has 1 aromatic rings. The number of ketones is 1. The first kappa shape index (κ1) is 23.3. The van der Waals surface area contributed by atoms with Crippen LogP contribution in [0.5, 0.6) is 0 Å². The zero-order chi connectivity index (χ0) is 23.9. The Morgan fingerprint density at radius 2 is 1.79 bits per heavy atom. The van der Waals surface area contributed by atoms with Crippen LogP contribution in [0.1, 0.15) is 43.0 Å². The number of nitrogens with zero attached hydrogens (tertiary/aromatic N) is 3. The topological polar surface area (TPSA) is 102 Å². The molecular weight excluding hydrogens is 436 g/mol. The Morgan fingerprint density at radius 3 is 2.44 bits per heavy atom. The van der Waals surface area contributed by atoms with Crippen molar-refractivity contribution in [3.63, 3.8) is 0 Å². The first-order valence-corrected chi connectivity index (χ1v) is 12.5. The molecule has 1 aromatic carbocycles. The van der Waals surface area contributed by atoms with Crippen LogP contribution in [0.2, 0.25) is 0 Å². The van der Waals surface area contributed by atoms with E-state index < -0.39 is 23.8 Å². The Morgan fingerprint density at radius 1 is 1.12 bits per heavy atom. The van der Waals surface area contributed by atoms with Gasteiger partial charge < -0.3 is 29.9 Å². The molecule has 4 fully saturated rings. The SMILES string of the molecule is CCN1CCN(c2ccc(C(=O)NC3(C(=O)N4C[C@H](O)[C@H]5OCC(=O)[C@H]54)CCCC3)cc2)CC1. The zero-order valence-corrected chi connectivity index (χ0v) is 19.7. The van der Waals surface area contributed by atoms with Crippen LogP contribution < -0.4 is 10.2 Å². The van der Waals surface area contributed by atoms with Crippen molar-refractivity contribution >= 4 is 23.3 Å². The Balaban J connectivity index is 1.28. The average Bonchev–Trinajstić information content (AvgIpc) is 3.57. The van der Waals surface area contributed by atoms with Crippen molar-refractivity contribution in [1.29, 1.82) is 0 Å². The highest BCUT2D eigenvalue weighted by molar-refractivity contribution is 6.01. The van der Waals surface area contributed by atoms with Crippen molar-refractivity contribution in [3.05, 3.63) is 29.8 Å². The lowest BCUT2D eigenvalue weighted by atomic mass is 9.93. The van der Waals surface area contributed by atoms with Gasteiger partial charge in [-0.3, -0.25) is 14.4 Å². The van der Waals surface area contributed by atoms with Gasteiger partial charge in [0, 0.05) is 37.4 Å². The first-order chi connectivity index (χ1) is 16.4. The summed E-state index contributed by atoms with van der Waals surface area (Å²) in [4.78, 5) is 45.4. The van der Waals surface area contributed by atoms with E-state index in [1.807, 2.05) is 24.3 Å². The number of piperazine rings is 1. The van der Waals surface area contributed by atoms with Crippen molar-refractivity contribution < 1.29 is 24.2 Å². The van der Waals surface area contributed by atoms with Gasteiger partial charge in [-0.2, -0.15) is 0 Å². The fourth-order valence-electron chi connectivity index (χ4n) is 5.92. The number of Topliss-reactive ketones (excluding diaryl/α,β-unsaturated/α-hetero) is 1. The van der Waals surface area contributed by atoms with E-state index >= 15 is 0 Å². The molecule has 3 saturated heterocycles. The van der Waals surface area contributed by atoms with Gasteiger partial charge in [-0.15, -0.1) is 0 Å². The molecule has 0 unspecified atom stereocenters. The van der Waals surface area contributed by atoms with Crippen molar-refractivity contribution in [3.8, 4) is 0 Å². The number of carbonyl (C=O) groups is 3. The van der Waals surface area contributed by atoms with Gasteiger partial charge in [-0.1, -0.05) is 19.8 Å². The van der Waals surface area contributed by atoms with E-state index in [9.17, 15) is 19.5 Å². The quantitative estimate of drug-likeness (QED) is 0.643. The molecule has 5 rings (SSSR count). The lowest BCUT2D eigenvalue weighted by Crippen LogP contribution is -2.60. The Kier molecular flexibility index (Phi) is 6.35. The summed E-state index contributed by atoms with van der Waals surface area (Å²) >= 11 is 0. The van der Waals surface area contributed by atoms with Crippen LogP contribution in [0.25, 0.3) is 0 Å². The number of carbonyl (C=O) groups excluding carboxylic acids is 3. The van der Waals surface area contributed by atoms with Crippen LogP contribution in [0.3, 0.4) is 0 Å². The number of hydrogen-bond donors (Lipinski definition) is 2. The van der Waals surface area contributed by atoms with Crippen LogP contribution in [-0.2, 0) is 14.3 Å². The number of likely N-dealkylation sites (N-methyl/N-ethyl adjacent to an activating group) is 1. The fraction of sp³-hybridized carbons (Fsp3) is 0.640. The second-order valence-corrected chi connectivity index (χ2v) is 9.92. The van der Waals surface area contributed by atoms with Gasteiger partial charge in [0.2, 0.25) is 5.91 Å². The van der Waals surface area contributed by atoms with Crippen molar-refractivity contribution in [1.82, 2.24) is 15.1 Å². The Bertz CT molecular complexity index is 937. The molecule has 9 nitrogen and oxygen atoms in total. The molecule has 2 amide bonds. The fourth-order valence-corrected chi connectivity index (χ4v) is 5.92. The maximum atomic E-state index is 13.7. The number of β-amino-alcohol motifs (C(OH)–C–C–N with tert-alkyl or cyclic N) is 1. The predicted molar refractivity (Wildman–Crippen MR) is 126 cm³/mol. The number of amides is 2. The van der Waals surface area contributed by atoms with Gasteiger partial charge in [-0.25, -0.2) is 0 Å². The van der Waals surface area contributed by atoms with Gasteiger partial charge >= 0.3 is 0 Å². The number of rotatable bonds is 5. The smallest absolute Gasteiger partial charge is 0.252 e. The summed E-state index contributed by atoms with van der Waals surface area (Å²) in [5.74, 6) is -0.762. The monoisotopic (exact) mass is 470 g/mol. The number of fused-ring (bicyclic) bond motifs is 1. The number of aliphatic hydroxyl groups is 1. The minimum absolute atomic E-state index is 0.0531. The molecule has 0 spiro atoms. The predicted octanol–water partition coefficient (Wildman–Crippen LogP) is 0.411. The van der Waals surface area contributed by atoms with Crippen LogP contribution in [0.4, 0.5) is 5.69 Å². The van der Waals surface area contributed by atoms with E-state index in [2.05, 4.69) is 22.0 Å². The molecule has 1 aliphatic carbocycles. The normalized spacial score (nSPS) is 28.9. The molecule has 4 aliphatic rings. The molecule has 2 N–H and O–H groups in total. The maximum absolute atomic E-state index is 13.7. The molecule has 3 heterocycles. The van der Waals surface area contributed by atoms with E-state index in [4.69, 9.17) is 4.74 Å². The van der Waals surface area contributed by atoms with E-state index in [1.165, 1.54) is 4.90 Å². The second-order valence-electron chi connectivity index (χ2n) is 9.92. The summed E-state index contributed by atoms with van der Waals surface area (Å²) in [5.41, 5.74) is 0.550. The van der Waals surface area contributed by atoms with Gasteiger partial charge in [0.25, 0.3) is 5.91 Å². The highest BCUT2D eigenvalue weighted by Gasteiger charge is 2.56. The van der Waals surface area contributed by atoms with Crippen molar-refractivity contribution in [2.45, 2.75) is 56.4 Å². The summed E-state index contributed by atoms with van der Waals surface area (Å²) in [6.07, 6.45) is 1.14. The molecule has 0 bridgehead atoms. The molecule has 0 radical (unpaired) electrons. The highest BCUT2D eigenvalue weighted by atomic mass is 16.5. The number of nitrogens with one attached hydrogen (secondary N) is 1. The van der Waals surface area contributed by atoms with Crippen LogP contribution in [0.15, 0.2) is 24.3 Å². The molecular formula is C25H34N4O5. The van der Waals surface area contributed by atoms with E-state index in [-0.39, 0.29) is 30.7 Å². The third-order valence-electron chi connectivity index (χ3n) is 7.95. The highest BCUT2D eigenvalue weighted by Crippen LogP contribution is 2.36. The number of benzene rings is 1. The summed E-state index contributed by atoms with van der Waals surface area (Å²) in [6.45, 7) is 7.19. The minimum Gasteiger partial charge on any atom is -0.388 e. The molecule has 9 heteroatoms. The van der Waals surface area contributed by atoms with E-state index in [0.717, 1.165) is 51.3 Å². The summed E-state index contributed by atoms with van der Waals surface area (Å²) < 4.78 is 5.41. The minimum atomic E-state index is -1.05. The summed E-state index contributed by atoms with van der Waals surface area (Å²) in [5, 5.41) is 13.3. The summed E-state index contributed by atoms with van der Waals surface area (Å²) in [6, 6.07) is 6.80. The van der Waals surface area contributed by atoms with Crippen molar-refractivity contribution in [2.75, 3.05) is 50.8 Å². The third kappa shape index (κ3) is 4.10. The Hall–Kier alpha value is -2.49. The molecule has 1 saturated carbocycles. The zero-order valence-electron chi connectivity index (χ0n) is 19.7. The van der Waals surface area contributed by atoms with Gasteiger partial charge in [0.15, 0.2) is 5.78 Å². The first-order valence-electron chi connectivity index (χ1n) is 12.5. The molecule has 3 atom stereocenters. The lowest BCUT2D eigenvalue weighted by Gasteiger charge is -2.36. The van der Waals surface area contributed by atoms with Crippen LogP contribution in [-0.4, -0.2) is 102 Å². The number of ether oxygens (including phenoxy) is 1. The van der Waals surface area contributed by atoms with Gasteiger partial charge in [0.05, 0.1) is 6.54 Å². The summed E-state index contributed by atoms with van der Waals surface area (Å²) in [7, 11) is 0.